The van der Waals surface area contributed by atoms with Crippen molar-refractivity contribution in [2.24, 2.45) is 11.3 Å². The van der Waals surface area contributed by atoms with Crippen LogP contribution in [0, 0.1) is 11.3 Å². The Morgan fingerprint density at radius 3 is 2.53 bits per heavy atom. The Kier molecular flexibility index (Phi) is 6.84. The molecule has 0 aromatic rings. The van der Waals surface area contributed by atoms with Crippen LogP contribution < -0.4 is 5.32 Å². The fraction of sp³-hybridized carbons (Fsp3) is 0.938. The van der Waals surface area contributed by atoms with Crippen molar-refractivity contribution in [3.8, 4) is 0 Å². The Morgan fingerprint density at radius 1 is 1.26 bits per heavy atom. The van der Waals surface area contributed by atoms with Crippen molar-refractivity contribution in [1.82, 2.24) is 5.32 Å². The molecule has 112 valence electrons. The molecule has 1 heterocycles. The molecule has 1 fully saturated rings. The highest BCUT2D eigenvalue weighted by molar-refractivity contribution is 5.78. The van der Waals surface area contributed by atoms with Gasteiger partial charge in [-0.3, -0.25) is 4.79 Å². The van der Waals surface area contributed by atoms with E-state index in [-0.39, 0.29) is 17.5 Å². The zero-order valence-electron chi connectivity index (χ0n) is 13.1. The minimum Gasteiger partial charge on any atom is -0.462 e. The van der Waals surface area contributed by atoms with Crippen molar-refractivity contribution in [2.45, 2.75) is 72.3 Å². The van der Waals surface area contributed by atoms with Gasteiger partial charge in [-0.05, 0) is 38.6 Å². The van der Waals surface area contributed by atoms with Gasteiger partial charge in [0.15, 0.2) is 0 Å². The number of esters is 1. The number of ether oxygens (including phenoxy) is 1. The third-order valence-electron chi connectivity index (χ3n) is 4.47. The highest BCUT2D eigenvalue weighted by atomic mass is 16.5. The lowest BCUT2D eigenvalue weighted by Gasteiger charge is -2.31. The predicted octanol–water partition coefficient (Wildman–Crippen LogP) is 3.52. The first kappa shape index (κ1) is 16.5. The quantitative estimate of drug-likeness (QED) is 0.541. The van der Waals surface area contributed by atoms with Crippen LogP contribution in [0.25, 0.3) is 0 Å². The van der Waals surface area contributed by atoms with Crippen LogP contribution in [0.4, 0.5) is 0 Å². The second-order valence-corrected chi connectivity index (χ2v) is 6.30. The second-order valence-electron chi connectivity index (χ2n) is 6.30. The second kappa shape index (κ2) is 7.88. The number of carbonyl (C=O) groups excluding carboxylic acids is 1. The third kappa shape index (κ3) is 4.48. The maximum Gasteiger partial charge on any atom is 0.313 e. The number of hydrogen-bond donors (Lipinski definition) is 1. The van der Waals surface area contributed by atoms with Crippen LogP contribution >= 0.6 is 0 Å². The van der Waals surface area contributed by atoms with E-state index >= 15 is 0 Å². The summed E-state index contributed by atoms with van der Waals surface area (Å²) < 4.78 is 5.70. The predicted molar refractivity (Wildman–Crippen MR) is 79.1 cm³/mol. The van der Waals surface area contributed by atoms with Gasteiger partial charge in [-0.1, -0.05) is 40.0 Å². The van der Waals surface area contributed by atoms with E-state index in [2.05, 4.69) is 26.1 Å². The molecule has 19 heavy (non-hydrogen) atoms. The van der Waals surface area contributed by atoms with Crippen LogP contribution in [0.5, 0.6) is 0 Å². The number of hydrogen-bond acceptors (Lipinski definition) is 3. The Labute approximate surface area is 118 Å². The fourth-order valence-corrected chi connectivity index (χ4v) is 2.83. The first-order valence-electron chi connectivity index (χ1n) is 7.94. The smallest absolute Gasteiger partial charge is 0.313 e. The monoisotopic (exact) mass is 269 g/mol. The third-order valence-corrected chi connectivity index (χ3v) is 4.47. The molecule has 3 heteroatoms. The number of rotatable bonds is 8. The van der Waals surface area contributed by atoms with Gasteiger partial charge in [0, 0.05) is 6.54 Å². The Hall–Kier alpha value is -0.570. The van der Waals surface area contributed by atoms with Crippen molar-refractivity contribution in [1.29, 1.82) is 0 Å². The molecule has 2 unspecified atom stereocenters. The maximum absolute atomic E-state index is 12.4. The molecule has 0 bridgehead atoms. The zero-order valence-corrected chi connectivity index (χ0v) is 13.1. The molecule has 1 saturated heterocycles. The average Bonchev–Trinajstić information content (AvgIpc) is 2.85. The van der Waals surface area contributed by atoms with Crippen LogP contribution in [0.3, 0.4) is 0 Å². The van der Waals surface area contributed by atoms with Crippen LogP contribution in [0.15, 0.2) is 0 Å². The summed E-state index contributed by atoms with van der Waals surface area (Å²) >= 11 is 0. The SMILES string of the molecule is CCCCCCC(C)OC(=O)C1(C(C)C)CCNC1. The van der Waals surface area contributed by atoms with Gasteiger partial charge in [0.1, 0.15) is 0 Å². The van der Waals surface area contributed by atoms with Gasteiger partial charge in [0.2, 0.25) is 0 Å². The molecule has 1 aliphatic heterocycles. The van der Waals surface area contributed by atoms with E-state index < -0.39 is 0 Å². The molecule has 0 saturated carbocycles. The summed E-state index contributed by atoms with van der Waals surface area (Å²) in [4.78, 5) is 12.4. The van der Waals surface area contributed by atoms with Crippen molar-refractivity contribution in [3.05, 3.63) is 0 Å². The summed E-state index contributed by atoms with van der Waals surface area (Å²) in [6, 6.07) is 0. The zero-order chi connectivity index (χ0) is 14.3. The highest BCUT2D eigenvalue weighted by Gasteiger charge is 2.45. The van der Waals surface area contributed by atoms with Crippen LogP contribution in [-0.4, -0.2) is 25.2 Å². The number of carbonyl (C=O) groups is 1. The summed E-state index contributed by atoms with van der Waals surface area (Å²) in [5.41, 5.74) is -0.294. The van der Waals surface area contributed by atoms with Gasteiger partial charge >= 0.3 is 5.97 Å². The average molecular weight is 269 g/mol. The van der Waals surface area contributed by atoms with E-state index in [1.165, 1.54) is 19.3 Å². The van der Waals surface area contributed by atoms with Crippen molar-refractivity contribution >= 4 is 5.97 Å². The molecule has 0 aliphatic carbocycles. The van der Waals surface area contributed by atoms with E-state index in [4.69, 9.17) is 4.74 Å². The van der Waals surface area contributed by atoms with E-state index in [1.807, 2.05) is 6.92 Å². The Bertz CT molecular complexity index is 270. The minimum atomic E-state index is -0.294. The van der Waals surface area contributed by atoms with Crippen molar-refractivity contribution < 1.29 is 9.53 Å². The van der Waals surface area contributed by atoms with Gasteiger partial charge in [-0.2, -0.15) is 0 Å². The van der Waals surface area contributed by atoms with Crippen molar-refractivity contribution in [2.75, 3.05) is 13.1 Å². The first-order chi connectivity index (χ1) is 9.03. The summed E-state index contributed by atoms with van der Waals surface area (Å²) in [6.45, 7) is 10.2. The lowest BCUT2D eigenvalue weighted by Crippen LogP contribution is -2.41. The molecule has 1 aliphatic rings. The molecular formula is C16H31NO2. The Morgan fingerprint density at radius 2 is 2.00 bits per heavy atom. The standard InChI is InChI=1S/C16H31NO2/c1-5-6-7-8-9-14(4)19-15(18)16(13(2)3)10-11-17-12-16/h13-14,17H,5-12H2,1-4H3. The largest absolute Gasteiger partial charge is 0.462 e. The number of nitrogens with one attached hydrogen (secondary N) is 1. The minimum absolute atomic E-state index is 0.00971. The van der Waals surface area contributed by atoms with E-state index in [9.17, 15) is 4.79 Å². The molecule has 1 N–H and O–H groups in total. The van der Waals surface area contributed by atoms with Gasteiger partial charge in [0.25, 0.3) is 0 Å². The Balaban J connectivity index is 2.40. The summed E-state index contributed by atoms with van der Waals surface area (Å²) in [5.74, 6) is 0.345. The normalized spacial score (nSPS) is 24.7. The summed E-state index contributed by atoms with van der Waals surface area (Å²) in [6.07, 6.45) is 6.89. The topological polar surface area (TPSA) is 38.3 Å². The van der Waals surface area contributed by atoms with Gasteiger partial charge in [-0.15, -0.1) is 0 Å². The van der Waals surface area contributed by atoms with Gasteiger partial charge in [-0.25, -0.2) is 0 Å². The first-order valence-corrected chi connectivity index (χ1v) is 7.94. The molecule has 0 aromatic carbocycles. The van der Waals surface area contributed by atoms with Crippen LogP contribution in [0.2, 0.25) is 0 Å². The highest BCUT2D eigenvalue weighted by Crippen LogP contribution is 2.36. The molecule has 3 nitrogen and oxygen atoms in total. The van der Waals surface area contributed by atoms with E-state index in [1.54, 1.807) is 0 Å². The summed E-state index contributed by atoms with van der Waals surface area (Å²) in [7, 11) is 0. The van der Waals surface area contributed by atoms with E-state index in [0.717, 1.165) is 32.4 Å². The lowest BCUT2D eigenvalue weighted by atomic mass is 9.76. The van der Waals surface area contributed by atoms with Crippen LogP contribution in [-0.2, 0) is 9.53 Å². The van der Waals surface area contributed by atoms with Gasteiger partial charge in [0.05, 0.1) is 11.5 Å². The van der Waals surface area contributed by atoms with Crippen LogP contribution in [0.1, 0.15) is 66.2 Å². The fourth-order valence-electron chi connectivity index (χ4n) is 2.83. The number of unbranched alkanes of at least 4 members (excludes halogenated alkanes) is 3. The summed E-state index contributed by atoms with van der Waals surface area (Å²) in [5, 5.41) is 3.31. The lowest BCUT2D eigenvalue weighted by molar-refractivity contribution is -0.162. The molecule has 0 radical (unpaired) electrons. The molecule has 1 rings (SSSR count). The van der Waals surface area contributed by atoms with Gasteiger partial charge < -0.3 is 10.1 Å². The molecule has 0 spiro atoms. The molecular weight excluding hydrogens is 238 g/mol. The van der Waals surface area contributed by atoms with Crippen molar-refractivity contribution in [3.63, 3.8) is 0 Å². The van der Waals surface area contributed by atoms with E-state index in [0.29, 0.717) is 5.92 Å². The maximum atomic E-state index is 12.4. The molecule has 2 atom stereocenters. The molecule has 0 amide bonds. The molecule has 0 aromatic heterocycles.